The summed E-state index contributed by atoms with van der Waals surface area (Å²) in [6, 6.07) is 8.68. The lowest BCUT2D eigenvalue weighted by molar-refractivity contribution is -0.161. The summed E-state index contributed by atoms with van der Waals surface area (Å²) in [6.45, 7) is 6.99. The Morgan fingerprint density at radius 1 is 1.19 bits per heavy atom. The van der Waals surface area contributed by atoms with Crippen molar-refractivity contribution in [1.82, 2.24) is 5.32 Å². The quantitative estimate of drug-likeness (QED) is 0.607. The van der Waals surface area contributed by atoms with Crippen molar-refractivity contribution in [3.63, 3.8) is 0 Å². The number of nitrogens with one attached hydrogen (secondary N) is 1. The average molecular weight is 452 g/mol. The lowest BCUT2D eigenvalue weighted by Gasteiger charge is -2.30. The second kappa shape index (κ2) is 11.8. The molecule has 0 aliphatic carbocycles. The molecule has 1 fully saturated rings. The Bertz CT molecular complexity index is 761. The molecule has 32 heavy (non-hydrogen) atoms. The molecule has 1 heterocycles. The van der Waals surface area contributed by atoms with Crippen LogP contribution in [0.2, 0.25) is 0 Å². The van der Waals surface area contributed by atoms with Crippen LogP contribution in [0.5, 0.6) is 0 Å². The number of esters is 1. The molecule has 9 heteroatoms. The molecule has 178 valence electrons. The van der Waals surface area contributed by atoms with Gasteiger partial charge in [-0.05, 0) is 39.7 Å². The predicted octanol–water partition coefficient (Wildman–Crippen LogP) is 2.56. The molecule has 1 aromatic rings. The van der Waals surface area contributed by atoms with Crippen LogP contribution in [0.3, 0.4) is 0 Å². The summed E-state index contributed by atoms with van der Waals surface area (Å²) >= 11 is 0. The number of benzene rings is 1. The number of hydrogen-bond donors (Lipinski definition) is 2. The highest BCUT2D eigenvalue weighted by atomic mass is 16.6. The van der Waals surface area contributed by atoms with Crippen LogP contribution in [0.25, 0.3) is 0 Å². The van der Waals surface area contributed by atoms with Gasteiger partial charge in [0.05, 0.1) is 32.3 Å². The fourth-order valence-electron chi connectivity index (χ4n) is 3.41. The maximum Gasteiger partial charge on any atom is 0.408 e. The molecule has 0 bridgehead atoms. The van der Waals surface area contributed by atoms with Crippen LogP contribution in [-0.2, 0) is 35.0 Å². The Morgan fingerprint density at radius 2 is 1.88 bits per heavy atom. The van der Waals surface area contributed by atoms with Crippen molar-refractivity contribution in [3.05, 3.63) is 35.9 Å². The van der Waals surface area contributed by atoms with Gasteiger partial charge < -0.3 is 29.4 Å². The first-order valence-corrected chi connectivity index (χ1v) is 10.7. The molecule has 1 aromatic carbocycles. The minimum atomic E-state index is -1.04. The van der Waals surface area contributed by atoms with Crippen LogP contribution in [0, 0.1) is 5.92 Å². The number of hydrogen-bond acceptors (Lipinski definition) is 7. The van der Waals surface area contributed by atoms with E-state index in [0.29, 0.717) is 6.42 Å². The van der Waals surface area contributed by atoms with E-state index in [0.717, 1.165) is 5.56 Å². The molecule has 4 unspecified atom stereocenters. The van der Waals surface area contributed by atoms with Crippen molar-refractivity contribution in [2.45, 2.75) is 64.4 Å². The molecule has 9 nitrogen and oxygen atoms in total. The van der Waals surface area contributed by atoms with Crippen molar-refractivity contribution < 1.29 is 38.4 Å². The number of carboxylic acid groups (broad SMARTS) is 1. The number of carbonyl (C=O) groups excluding carboxylic acids is 2. The topological polar surface area (TPSA) is 120 Å². The van der Waals surface area contributed by atoms with Gasteiger partial charge in [0, 0.05) is 5.92 Å². The van der Waals surface area contributed by atoms with Crippen molar-refractivity contribution in [2.24, 2.45) is 5.92 Å². The van der Waals surface area contributed by atoms with E-state index in [1.807, 2.05) is 30.3 Å². The number of carbonyl (C=O) groups is 3. The normalized spacial score (nSPS) is 24.4. The van der Waals surface area contributed by atoms with Crippen LogP contribution in [0.4, 0.5) is 4.79 Å². The van der Waals surface area contributed by atoms with Gasteiger partial charge in [0.2, 0.25) is 0 Å². The van der Waals surface area contributed by atoms with E-state index in [9.17, 15) is 14.4 Å². The predicted molar refractivity (Wildman–Crippen MR) is 115 cm³/mol. The number of cyclic esters (lactones) is 1. The maximum absolute atomic E-state index is 12.7. The van der Waals surface area contributed by atoms with E-state index in [1.54, 1.807) is 27.7 Å². The highest BCUT2D eigenvalue weighted by molar-refractivity contribution is 5.81. The van der Waals surface area contributed by atoms with Crippen LogP contribution in [0.1, 0.15) is 39.7 Å². The van der Waals surface area contributed by atoms with E-state index in [4.69, 9.17) is 24.1 Å². The third kappa shape index (κ3) is 8.84. The summed E-state index contributed by atoms with van der Waals surface area (Å²) in [5.41, 5.74) is 0.332. The van der Waals surface area contributed by atoms with E-state index in [-0.39, 0.29) is 32.2 Å². The Hall–Kier alpha value is -2.65. The molecule has 0 spiro atoms. The van der Waals surface area contributed by atoms with E-state index < -0.39 is 41.9 Å². The summed E-state index contributed by atoms with van der Waals surface area (Å²) in [7, 11) is 0. The minimum absolute atomic E-state index is 0.0211. The third-order valence-electron chi connectivity index (χ3n) is 4.79. The van der Waals surface area contributed by atoms with Gasteiger partial charge in [-0.3, -0.25) is 4.79 Å². The zero-order chi connectivity index (χ0) is 23.7. The summed E-state index contributed by atoms with van der Waals surface area (Å²) in [5.74, 6) is -1.85. The third-order valence-corrected chi connectivity index (χ3v) is 4.79. The number of carboxylic acids is 1. The molecule has 0 radical (unpaired) electrons. The monoisotopic (exact) mass is 451 g/mol. The Kier molecular flexibility index (Phi) is 9.46. The first-order chi connectivity index (χ1) is 15.0. The van der Waals surface area contributed by atoms with Crippen molar-refractivity contribution in [1.29, 1.82) is 0 Å². The molecule has 1 aliphatic heterocycles. The Labute approximate surface area is 188 Å². The van der Waals surface area contributed by atoms with E-state index in [1.165, 1.54) is 0 Å². The summed E-state index contributed by atoms with van der Waals surface area (Å²) in [4.78, 5) is 35.8. The molecule has 0 saturated carbocycles. The Morgan fingerprint density at radius 3 is 2.50 bits per heavy atom. The standard InChI is InChI=1S/C23H33NO8/c1-15-20(30-11-10-19(25)26)17(12-16-8-6-5-7-9-16)13-29-14-18(21(27)31-15)24-22(28)32-23(2,3)4/h5-9,15,17-18,20H,10-14H2,1-4H3,(H,24,28)(H,25,26). The lowest BCUT2D eigenvalue weighted by atomic mass is 9.91. The summed E-state index contributed by atoms with van der Waals surface area (Å²) in [5, 5.41) is 11.5. The molecule has 4 atom stereocenters. The number of alkyl carbamates (subject to hydrolysis) is 1. The fourth-order valence-corrected chi connectivity index (χ4v) is 3.41. The van der Waals surface area contributed by atoms with Crippen LogP contribution < -0.4 is 5.32 Å². The van der Waals surface area contributed by atoms with Crippen molar-refractivity contribution in [3.8, 4) is 0 Å². The van der Waals surface area contributed by atoms with Crippen LogP contribution in [-0.4, -0.2) is 66.8 Å². The van der Waals surface area contributed by atoms with Gasteiger partial charge in [0.15, 0.2) is 6.04 Å². The van der Waals surface area contributed by atoms with Gasteiger partial charge in [0.25, 0.3) is 0 Å². The second-order valence-electron chi connectivity index (χ2n) is 8.81. The van der Waals surface area contributed by atoms with Gasteiger partial charge in [-0.15, -0.1) is 0 Å². The molecular formula is C23H33NO8. The van der Waals surface area contributed by atoms with E-state index >= 15 is 0 Å². The van der Waals surface area contributed by atoms with Crippen molar-refractivity contribution >= 4 is 18.0 Å². The van der Waals surface area contributed by atoms with Crippen LogP contribution >= 0.6 is 0 Å². The van der Waals surface area contributed by atoms with Gasteiger partial charge in [-0.2, -0.15) is 0 Å². The first kappa shape index (κ1) is 25.6. The second-order valence-corrected chi connectivity index (χ2v) is 8.81. The molecule has 1 amide bonds. The number of ether oxygens (including phenoxy) is 4. The number of amides is 1. The molecule has 2 N–H and O–H groups in total. The van der Waals surface area contributed by atoms with Gasteiger partial charge in [-0.1, -0.05) is 30.3 Å². The lowest BCUT2D eigenvalue weighted by Crippen LogP contribution is -2.47. The van der Waals surface area contributed by atoms with Crippen molar-refractivity contribution in [2.75, 3.05) is 19.8 Å². The van der Waals surface area contributed by atoms with E-state index in [2.05, 4.69) is 5.32 Å². The molecule has 0 aromatic heterocycles. The Balaban J connectivity index is 2.15. The zero-order valence-electron chi connectivity index (χ0n) is 19.0. The smallest absolute Gasteiger partial charge is 0.408 e. The number of aliphatic carboxylic acids is 1. The first-order valence-electron chi connectivity index (χ1n) is 10.7. The van der Waals surface area contributed by atoms with Gasteiger partial charge in [-0.25, -0.2) is 9.59 Å². The molecule has 2 rings (SSSR count). The van der Waals surface area contributed by atoms with Gasteiger partial charge in [0.1, 0.15) is 11.7 Å². The largest absolute Gasteiger partial charge is 0.481 e. The molecular weight excluding hydrogens is 418 g/mol. The minimum Gasteiger partial charge on any atom is -0.481 e. The fraction of sp³-hybridized carbons (Fsp3) is 0.609. The van der Waals surface area contributed by atoms with Gasteiger partial charge >= 0.3 is 18.0 Å². The SMILES string of the molecule is CC1OC(=O)C(NC(=O)OC(C)(C)C)COCC(Cc2ccccc2)C1OCCC(=O)O. The highest BCUT2D eigenvalue weighted by Gasteiger charge is 2.36. The summed E-state index contributed by atoms with van der Waals surface area (Å²) in [6.07, 6.45) is -1.60. The average Bonchev–Trinajstić information content (AvgIpc) is 2.72. The zero-order valence-corrected chi connectivity index (χ0v) is 19.0. The molecule has 1 saturated heterocycles. The number of rotatable bonds is 7. The maximum atomic E-state index is 12.7. The van der Waals surface area contributed by atoms with Crippen LogP contribution in [0.15, 0.2) is 30.3 Å². The summed E-state index contributed by atoms with van der Waals surface area (Å²) < 4.78 is 22.5. The highest BCUT2D eigenvalue weighted by Crippen LogP contribution is 2.23. The molecule has 1 aliphatic rings.